The first-order valence-corrected chi connectivity index (χ1v) is 7.11. The zero-order chi connectivity index (χ0) is 12.3. The van der Waals surface area contributed by atoms with Crippen LogP contribution in [0.25, 0.3) is 0 Å². The molecule has 0 aromatic carbocycles. The highest BCUT2D eigenvalue weighted by Crippen LogP contribution is 2.15. The summed E-state index contributed by atoms with van der Waals surface area (Å²) >= 11 is 0. The summed E-state index contributed by atoms with van der Waals surface area (Å²) in [5.74, 6) is 0. The average Bonchev–Trinajstić information content (AvgIpc) is 2.38. The summed E-state index contributed by atoms with van der Waals surface area (Å²) in [6, 6.07) is 0. The van der Waals surface area contributed by atoms with Crippen LogP contribution in [0.5, 0.6) is 0 Å². The van der Waals surface area contributed by atoms with Gasteiger partial charge in [0, 0.05) is 13.1 Å². The van der Waals surface area contributed by atoms with Crippen LogP contribution in [0.15, 0.2) is 17.5 Å². The molecule has 0 atom stereocenters. The van der Waals surface area contributed by atoms with Gasteiger partial charge in [-0.15, -0.1) is 5.73 Å². The number of hydrogen-bond donors (Lipinski definition) is 0. The lowest BCUT2D eigenvalue weighted by atomic mass is 10.1. The minimum absolute atomic E-state index is 0.866. The van der Waals surface area contributed by atoms with E-state index in [9.17, 15) is 0 Å². The predicted molar refractivity (Wildman–Crippen MR) is 73.0 cm³/mol. The van der Waals surface area contributed by atoms with Crippen LogP contribution in [0.3, 0.4) is 0 Å². The fourth-order valence-corrected chi connectivity index (χ4v) is 2.22. The van der Waals surface area contributed by atoms with Gasteiger partial charge < -0.3 is 9.64 Å². The lowest BCUT2D eigenvalue weighted by Crippen LogP contribution is -2.35. The third-order valence-corrected chi connectivity index (χ3v) is 3.22. The lowest BCUT2D eigenvalue weighted by Gasteiger charge is -2.30. The molecule has 0 aromatic rings. The number of unbranched alkanes of at least 4 members (excludes halogenated alkanes) is 4. The molecule has 2 nitrogen and oxygen atoms in total. The molecule has 0 unspecified atom stereocenters. The van der Waals surface area contributed by atoms with Crippen LogP contribution in [-0.4, -0.2) is 31.2 Å². The fraction of sp³-hybridized carbons (Fsp3) is 0.800. The monoisotopic (exact) mass is 237 g/mol. The van der Waals surface area contributed by atoms with Gasteiger partial charge in [-0.25, -0.2) is 0 Å². The molecule has 0 saturated carbocycles. The molecule has 1 aliphatic heterocycles. The van der Waals surface area contributed by atoms with Gasteiger partial charge in [0.25, 0.3) is 0 Å². The Morgan fingerprint density at radius 2 is 1.88 bits per heavy atom. The number of rotatable bonds is 7. The number of nitrogens with zero attached hydrogens (tertiary/aromatic N) is 1. The van der Waals surface area contributed by atoms with Crippen molar-refractivity contribution in [2.45, 2.75) is 52.4 Å². The van der Waals surface area contributed by atoms with Crippen LogP contribution >= 0.6 is 0 Å². The smallest absolute Gasteiger partial charge is 0.0642 e. The predicted octanol–water partition coefficient (Wildman–Crippen LogP) is 3.74. The molecule has 2 heteroatoms. The number of allylic oxidation sites excluding steroid dienone is 1. The van der Waals surface area contributed by atoms with Gasteiger partial charge in [0.05, 0.1) is 18.9 Å². The van der Waals surface area contributed by atoms with E-state index < -0.39 is 0 Å². The maximum absolute atomic E-state index is 5.39. The summed E-state index contributed by atoms with van der Waals surface area (Å²) in [6.45, 7) is 8.11. The molecule has 17 heavy (non-hydrogen) atoms. The van der Waals surface area contributed by atoms with Crippen molar-refractivity contribution in [2.75, 3.05) is 26.3 Å². The second-order valence-electron chi connectivity index (χ2n) is 4.64. The van der Waals surface area contributed by atoms with Crippen molar-refractivity contribution in [3.8, 4) is 0 Å². The standard InChI is InChI=1S/C15H27NO/c1-3-5-6-7-8-10-15(9-4-2)16-11-13-17-14-12-16/h4H,3,5-8,10-14H2,1-2H3. The first-order chi connectivity index (χ1) is 8.38. The summed E-state index contributed by atoms with van der Waals surface area (Å²) in [7, 11) is 0. The molecular weight excluding hydrogens is 210 g/mol. The van der Waals surface area contributed by atoms with Crippen molar-refractivity contribution in [1.82, 2.24) is 4.90 Å². The number of ether oxygens (including phenoxy) is 1. The molecule has 0 N–H and O–H groups in total. The van der Waals surface area contributed by atoms with Crippen LogP contribution in [0, 0.1) is 0 Å². The summed E-state index contributed by atoms with van der Waals surface area (Å²) in [5.41, 5.74) is 4.79. The van der Waals surface area contributed by atoms with Gasteiger partial charge in [0.2, 0.25) is 0 Å². The summed E-state index contributed by atoms with van der Waals surface area (Å²) in [4.78, 5) is 2.43. The van der Waals surface area contributed by atoms with E-state index in [1.165, 1.54) is 44.2 Å². The van der Waals surface area contributed by atoms with Gasteiger partial charge in [-0.05, 0) is 25.8 Å². The molecule has 0 aromatic heterocycles. The zero-order valence-corrected chi connectivity index (χ0v) is 11.5. The maximum atomic E-state index is 5.39. The lowest BCUT2D eigenvalue weighted by molar-refractivity contribution is 0.0520. The Bertz CT molecular complexity index is 248. The second-order valence-corrected chi connectivity index (χ2v) is 4.64. The minimum atomic E-state index is 0.866. The molecule has 0 radical (unpaired) electrons. The highest BCUT2D eigenvalue weighted by molar-refractivity contribution is 5.01. The van der Waals surface area contributed by atoms with E-state index >= 15 is 0 Å². The average molecular weight is 237 g/mol. The molecule has 1 aliphatic rings. The summed E-state index contributed by atoms with van der Waals surface area (Å²) < 4.78 is 5.39. The molecule has 0 aliphatic carbocycles. The molecule has 0 amide bonds. The maximum Gasteiger partial charge on any atom is 0.0642 e. The molecular formula is C15H27NO. The SMILES string of the molecule is CC=C=C(CCCCCCC)N1CCOCC1. The largest absolute Gasteiger partial charge is 0.378 e. The quantitative estimate of drug-likeness (QED) is 0.494. The molecule has 1 saturated heterocycles. The van der Waals surface area contributed by atoms with E-state index in [0.717, 1.165) is 26.3 Å². The van der Waals surface area contributed by atoms with Crippen LogP contribution in [0.1, 0.15) is 52.4 Å². The van der Waals surface area contributed by atoms with Crippen molar-refractivity contribution in [3.63, 3.8) is 0 Å². The van der Waals surface area contributed by atoms with Gasteiger partial charge in [-0.2, -0.15) is 0 Å². The van der Waals surface area contributed by atoms with Crippen LogP contribution in [0.2, 0.25) is 0 Å². The van der Waals surface area contributed by atoms with Gasteiger partial charge in [-0.3, -0.25) is 0 Å². The van der Waals surface area contributed by atoms with Crippen LogP contribution in [0.4, 0.5) is 0 Å². The fourth-order valence-electron chi connectivity index (χ4n) is 2.22. The van der Waals surface area contributed by atoms with Crippen molar-refractivity contribution in [3.05, 3.63) is 17.5 Å². The van der Waals surface area contributed by atoms with E-state index in [1.807, 2.05) is 6.08 Å². The highest BCUT2D eigenvalue weighted by atomic mass is 16.5. The van der Waals surface area contributed by atoms with E-state index in [2.05, 4.69) is 24.5 Å². The van der Waals surface area contributed by atoms with Crippen molar-refractivity contribution < 1.29 is 4.74 Å². The third-order valence-electron chi connectivity index (χ3n) is 3.22. The van der Waals surface area contributed by atoms with E-state index in [-0.39, 0.29) is 0 Å². The molecule has 1 heterocycles. The molecule has 1 fully saturated rings. The van der Waals surface area contributed by atoms with Gasteiger partial charge in [-0.1, -0.05) is 32.6 Å². The second kappa shape index (κ2) is 9.32. The Morgan fingerprint density at radius 1 is 1.18 bits per heavy atom. The molecule has 0 bridgehead atoms. The Labute approximate surface area is 106 Å². The number of hydrogen-bond acceptors (Lipinski definition) is 2. The Morgan fingerprint density at radius 3 is 2.53 bits per heavy atom. The van der Waals surface area contributed by atoms with E-state index in [0.29, 0.717) is 0 Å². The normalized spacial score (nSPS) is 15.5. The van der Waals surface area contributed by atoms with Crippen LogP contribution < -0.4 is 0 Å². The van der Waals surface area contributed by atoms with Crippen molar-refractivity contribution in [1.29, 1.82) is 0 Å². The number of morpholine rings is 1. The van der Waals surface area contributed by atoms with Crippen LogP contribution in [-0.2, 0) is 4.74 Å². The van der Waals surface area contributed by atoms with E-state index in [4.69, 9.17) is 4.74 Å². The first-order valence-electron chi connectivity index (χ1n) is 7.11. The Hall–Kier alpha value is -0.720. The molecule has 0 spiro atoms. The minimum Gasteiger partial charge on any atom is -0.378 e. The Balaban J connectivity index is 2.31. The van der Waals surface area contributed by atoms with Crippen molar-refractivity contribution >= 4 is 0 Å². The van der Waals surface area contributed by atoms with Crippen molar-refractivity contribution in [2.24, 2.45) is 0 Å². The molecule has 98 valence electrons. The first kappa shape index (κ1) is 14.3. The van der Waals surface area contributed by atoms with Gasteiger partial charge in [0.15, 0.2) is 0 Å². The third kappa shape index (κ3) is 5.95. The van der Waals surface area contributed by atoms with Gasteiger partial charge >= 0.3 is 0 Å². The highest BCUT2D eigenvalue weighted by Gasteiger charge is 2.12. The summed E-state index contributed by atoms with van der Waals surface area (Å²) in [6.07, 6.45) is 9.94. The Kier molecular flexibility index (Phi) is 7.87. The topological polar surface area (TPSA) is 12.5 Å². The van der Waals surface area contributed by atoms with Gasteiger partial charge in [0.1, 0.15) is 0 Å². The van der Waals surface area contributed by atoms with E-state index in [1.54, 1.807) is 0 Å². The summed E-state index contributed by atoms with van der Waals surface area (Å²) in [5, 5.41) is 0. The molecule has 1 rings (SSSR count). The zero-order valence-electron chi connectivity index (χ0n) is 11.5.